The quantitative estimate of drug-likeness (QED) is 0.759. The SMILES string of the molecule is CN1C(=O)CC[C@@H](Nc2nccn3cnnc23)[C@@H]1c1ccnn1C. The van der Waals surface area contributed by atoms with Crippen molar-refractivity contribution in [2.24, 2.45) is 7.05 Å². The number of likely N-dealkylation sites (tertiary alicyclic amines) is 1. The summed E-state index contributed by atoms with van der Waals surface area (Å²) in [6.07, 6.45) is 8.10. The van der Waals surface area contributed by atoms with Gasteiger partial charge in [-0.2, -0.15) is 5.10 Å². The first-order valence-corrected chi connectivity index (χ1v) is 7.79. The fourth-order valence-electron chi connectivity index (χ4n) is 3.30. The van der Waals surface area contributed by atoms with Crippen molar-refractivity contribution in [3.05, 3.63) is 36.7 Å². The summed E-state index contributed by atoms with van der Waals surface area (Å²) in [6, 6.07) is 1.83. The van der Waals surface area contributed by atoms with Gasteiger partial charge in [-0.15, -0.1) is 10.2 Å². The lowest BCUT2D eigenvalue weighted by Gasteiger charge is -2.39. The summed E-state index contributed by atoms with van der Waals surface area (Å²) in [5, 5.41) is 15.7. The van der Waals surface area contributed by atoms with Gasteiger partial charge in [-0.25, -0.2) is 4.98 Å². The van der Waals surface area contributed by atoms with E-state index in [-0.39, 0.29) is 18.0 Å². The number of aromatic nitrogens is 6. The summed E-state index contributed by atoms with van der Waals surface area (Å²) >= 11 is 0. The molecular weight excluding hydrogens is 308 g/mol. The highest BCUT2D eigenvalue weighted by Gasteiger charge is 2.36. The lowest BCUT2D eigenvalue weighted by molar-refractivity contribution is -0.135. The molecule has 0 aliphatic carbocycles. The van der Waals surface area contributed by atoms with Crippen LogP contribution in [0.15, 0.2) is 31.0 Å². The van der Waals surface area contributed by atoms with Crippen molar-refractivity contribution in [2.75, 3.05) is 12.4 Å². The van der Waals surface area contributed by atoms with E-state index in [1.165, 1.54) is 0 Å². The topological polar surface area (TPSA) is 93.2 Å². The largest absolute Gasteiger partial charge is 0.362 e. The lowest BCUT2D eigenvalue weighted by atomic mass is 9.93. The van der Waals surface area contributed by atoms with Gasteiger partial charge in [0, 0.05) is 39.1 Å². The van der Waals surface area contributed by atoms with Gasteiger partial charge in [0.15, 0.2) is 5.82 Å². The van der Waals surface area contributed by atoms with Crippen LogP contribution in [0.1, 0.15) is 24.6 Å². The zero-order valence-electron chi connectivity index (χ0n) is 13.5. The molecule has 0 bridgehead atoms. The van der Waals surface area contributed by atoms with Crippen LogP contribution in [-0.4, -0.2) is 53.3 Å². The third kappa shape index (κ3) is 2.29. The number of carbonyl (C=O) groups excluding carboxylic acids is 1. The molecule has 1 fully saturated rings. The summed E-state index contributed by atoms with van der Waals surface area (Å²) in [7, 11) is 3.72. The Kier molecular flexibility index (Phi) is 3.40. The minimum absolute atomic E-state index is 0.0125. The van der Waals surface area contributed by atoms with E-state index < -0.39 is 0 Å². The number of hydrogen-bond acceptors (Lipinski definition) is 6. The molecule has 0 radical (unpaired) electrons. The molecule has 124 valence electrons. The molecule has 3 aromatic rings. The number of fused-ring (bicyclic) bond motifs is 1. The Morgan fingerprint density at radius 1 is 1.29 bits per heavy atom. The standard InChI is InChI=1S/C15H18N8O/c1-21-12(24)4-3-10(13(21)11-5-6-18-22(11)2)19-14-15-20-17-9-23(15)8-7-16-14/h5-10,13H,3-4H2,1-2H3,(H,16,19)/t10-,13-/m1/s1. The molecule has 1 aliphatic heterocycles. The van der Waals surface area contributed by atoms with Crippen LogP contribution in [0.25, 0.3) is 5.65 Å². The zero-order valence-corrected chi connectivity index (χ0v) is 13.5. The van der Waals surface area contributed by atoms with E-state index in [2.05, 4.69) is 25.6 Å². The Morgan fingerprint density at radius 2 is 2.17 bits per heavy atom. The van der Waals surface area contributed by atoms with Crippen LogP contribution >= 0.6 is 0 Å². The van der Waals surface area contributed by atoms with E-state index in [0.717, 1.165) is 12.1 Å². The first-order chi connectivity index (χ1) is 11.6. The molecule has 4 rings (SSSR count). The van der Waals surface area contributed by atoms with Crippen molar-refractivity contribution in [3.8, 4) is 0 Å². The summed E-state index contributed by atoms with van der Waals surface area (Å²) in [5.74, 6) is 0.794. The third-order valence-electron chi connectivity index (χ3n) is 4.56. The summed E-state index contributed by atoms with van der Waals surface area (Å²) in [4.78, 5) is 18.4. The molecule has 0 aromatic carbocycles. The molecule has 1 saturated heterocycles. The number of anilines is 1. The highest BCUT2D eigenvalue weighted by molar-refractivity contribution is 5.78. The summed E-state index contributed by atoms with van der Waals surface area (Å²) < 4.78 is 3.62. The number of nitrogens with zero attached hydrogens (tertiary/aromatic N) is 7. The van der Waals surface area contributed by atoms with Crippen LogP contribution in [0.2, 0.25) is 0 Å². The molecule has 3 aromatic heterocycles. The van der Waals surface area contributed by atoms with Gasteiger partial charge in [-0.05, 0) is 12.5 Å². The maximum Gasteiger partial charge on any atom is 0.223 e. The van der Waals surface area contributed by atoms with Crippen LogP contribution in [0, 0.1) is 0 Å². The molecule has 4 heterocycles. The molecule has 0 saturated carbocycles. The molecule has 24 heavy (non-hydrogen) atoms. The Bertz CT molecular complexity index is 884. The molecule has 9 heteroatoms. The first-order valence-electron chi connectivity index (χ1n) is 7.79. The van der Waals surface area contributed by atoms with Crippen LogP contribution < -0.4 is 5.32 Å². The van der Waals surface area contributed by atoms with E-state index in [1.807, 2.05) is 24.6 Å². The fraction of sp³-hybridized carbons (Fsp3) is 0.400. The Hall–Kier alpha value is -2.97. The van der Waals surface area contributed by atoms with Gasteiger partial charge < -0.3 is 10.2 Å². The van der Waals surface area contributed by atoms with Crippen LogP contribution in [0.3, 0.4) is 0 Å². The van der Waals surface area contributed by atoms with Crippen molar-refractivity contribution in [1.29, 1.82) is 0 Å². The lowest BCUT2D eigenvalue weighted by Crippen LogP contribution is -2.47. The van der Waals surface area contributed by atoms with E-state index >= 15 is 0 Å². The molecule has 1 amide bonds. The normalized spacial score (nSPS) is 21.4. The molecule has 0 spiro atoms. The predicted molar refractivity (Wildman–Crippen MR) is 86.1 cm³/mol. The van der Waals surface area contributed by atoms with Crippen LogP contribution in [0.5, 0.6) is 0 Å². The van der Waals surface area contributed by atoms with Crippen LogP contribution in [0.4, 0.5) is 5.82 Å². The molecule has 9 nitrogen and oxygen atoms in total. The third-order valence-corrected chi connectivity index (χ3v) is 4.56. The fourth-order valence-corrected chi connectivity index (χ4v) is 3.30. The number of amides is 1. The van der Waals surface area contributed by atoms with Gasteiger partial charge in [0.1, 0.15) is 6.33 Å². The van der Waals surface area contributed by atoms with Crippen molar-refractivity contribution < 1.29 is 4.79 Å². The van der Waals surface area contributed by atoms with Crippen molar-refractivity contribution in [2.45, 2.75) is 24.9 Å². The summed E-state index contributed by atoms with van der Waals surface area (Å²) in [6.45, 7) is 0. The molecule has 1 N–H and O–H groups in total. The van der Waals surface area contributed by atoms with E-state index in [4.69, 9.17) is 0 Å². The average molecular weight is 326 g/mol. The van der Waals surface area contributed by atoms with Crippen molar-refractivity contribution in [1.82, 2.24) is 34.3 Å². The van der Waals surface area contributed by atoms with Gasteiger partial charge >= 0.3 is 0 Å². The maximum absolute atomic E-state index is 12.2. The number of piperidine rings is 1. The Morgan fingerprint density at radius 3 is 2.96 bits per heavy atom. The van der Waals surface area contributed by atoms with Gasteiger partial charge in [0.05, 0.1) is 17.8 Å². The van der Waals surface area contributed by atoms with E-state index in [9.17, 15) is 4.79 Å². The predicted octanol–water partition coefficient (Wildman–Crippen LogP) is 0.632. The monoisotopic (exact) mass is 326 g/mol. The van der Waals surface area contributed by atoms with Gasteiger partial charge in [-0.1, -0.05) is 0 Å². The number of rotatable bonds is 3. The maximum atomic E-state index is 12.2. The van der Waals surface area contributed by atoms with E-state index in [1.54, 1.807) is 34.5 Å². The number of aryl methyl sites for hydroxylation is 1. The Balaban J connectivity index is 1.71. The second-order valence-electron chi connectivity index (χ2n) is 5.96. The van der Waals surface area contributed by atoms with Gasteiger partial charge in [-0.3, -0.25) is 13.9 Å². The number of nitrogens with one attached hydrogen (secondary N) is 1. The molecular formula is C15H18N8O. The number of carbonyl (C=O) groups is 1. The number of likely N-dealkylation sites (N-methyl/N-ethyl adjacent to an activating group) is 1. The average Bonchev–Trinajstić information content (AvgIpc) is 3.21. The second kappa shape index (κ2) is 5.59. The smallest absolute Gasteiger partial charge is 0.223 e. The first kappa shape index (κ1) is 14.6. The van der Waals surface area contributed by atoms with Crippen LogP contribution in [-0.2, 0) is 11.8 Å². The minimum atomic E-state index is -0.122. The second-order valence-corrected chi connectivity index (χ2v) is 5.96. The van der Waals surface area contributed by atoms with Crippen molar-refractivity contribution >= 4 is 17.4 Å². The van der Waals surface area contributed by atoms with Gasteiger partial charge in [0.25, 0.3) is 0 Å². The zero-order chi connectivity index (χ0) is 16.7. The Labute approximate surface area is 138 Å². The van der Waals surface area contributed by atoms with Gasteiger partial charge in [0.2, 0.25) is 11.6 Å². The number of hydrogen-bond donors (Lipinski definition) is 1. The highest BCUT2D eigenvalue weighted by Crippen LogP contribution is 2.32. The summed E-state index contributed by atoms with van der Waals surface area (Å²) in [5.41, 5.74) is 1.65. The van der Waals surface area contributed by atoms with Crippen molar-refractivity contribution in [3.63, 3.8) is 0 Å². The van der Waals surface area contributed by atoms with E-state index in [0.29, 0.717) is 17.9 Å². The highest BCUT2D eigenvalue weighted by atomic mass is 16.2. The molecule has 1 aliphatic rings. The molecule has 0 unspecified atom stereocenters. The molecule has 2 atom stereocenters. The minimum Gasteiger partial charge on any atom is -0.362 e.